The van der Waals surface area contributed by atoms with Gasteiger partial charge in [-0.2, -0.15) is 0 Å². The fraction of sp³-hybridized carbons (Fsp3) is 0.583. The molecule has 0 aliphatic carbocycles. The van der Waals surface area contributed by atoms with Crippen molar-refractivity contribution < 1.29 is 0 Å². The summed E-state index contributed by atoms with van der Waals surface area (Å²) >= 11 is 0. The molecule has 1 unspecified atom stereocenters. The lowest BCUT2D eigenvalue weighted by atomic mass is 10.1. The first-order chi connectivity index (χ1) is 7.04. The third-order valence-electron chi connectivity index (χ3n) is 2.45. The van der Waals surface area contributed by atoms with Gasteiger partial charge in [-0.25, -0.2) is 9.97 Å². The molecule has 0 bridgehead atoms. The standard InChI is InChI=1S/C12H19N3/c1-6-8(2)7-13-12-9(3)14-11(5)15-10(12)4/h7-8H,6H2,1-5H3. The number of nitrogens with zero attached hydrogens (tertiary/aromatic N) is 3. The third-order valence-corrected chi connectivity index (χ3v) is 2.45. The zero-order valence-electron chi connectivity index (χ0n) is 10.2. The Bertz CT molecular complexity index is 346. The molecule has 0 aliphatic rings. The Morgan fingerprint density at radius 2 is 1.73 bits per heavy atom. The maximum atomic E-state index is 4.47. The highest BCUT2D eigenvalue weighted by Gasteiger charge is 2.04. The maximum absolute atomic E-state index is 4.47. The van der Waals surface area contributed by atoms with Crippen LogP contribution in [0.3, 0.4) is 0 Å². The molecule has 0 amide bonds. The number of aliphatic imine (C=N–C) groups is 1. The van der Waals surface area contributed by atoms with Crippen LogP contribution in [0, 0.1) is 26.7 Å². The van der Waals surface area contributed by atoms with Crippen LogP contribution in [0.25, 0.3) is 0 Å². The average Bonchev–Trinajstić information content (AvgIpc) is 2.15. The second-order valence-corrected chi connectivity index (χ2v) is 3.95. The average molecular weight is 205 g/mol. The molecule has 82 valence electrons. The Morgan fingerprint density at radius 3 is 2.20 bits per heavy atom. The van der Waals surface area contributed by atoms with Gasteiger partial charge in [0.15, 0.2) is 0 Å². The largest absolute Gasteiger partial charge is 0.257 e. The Balaban J connectivity index is 3.00. The van der Waals surface area contributed by atoms with E-state index in [1.807, 2.05) is 27.0 Å². The summed E-state index contributed by atoms with van der Waals surface area (Å²) in [5, 5.41) is 0. The molecular weight excluding hydrogens is 186 g/mol. The van der Waals surface area contributed by atoms with Crippen LogP contribution in [0.5, 0.6) is 0 Å². The Morgan fingerprint density at radius 1 is 1.20 bits per heavy atom. The highest BCUT2D eigenvalue weighted by atomic mass is 14.9. The quantitative estimate of drug-likeness (QED) is 0.711. The summed E-state index contributed by atoms with van der Waals surface area (Å²) < 4.78 is 0. The van der Waals surface area contributed by atoms with Gasteiger partial charge in [0.05, 0.1) is 11.4 Å². The second kappa shape index (κ2) is 5.01. The number of rotatable bonds is 3. The monoisotopic (exact) mass is 205 g/mol. The molecule has 1 aromatic rings. The minimum Gasteiger partial charge on any atom is -0.257 e. The number of hydrogen-bond acceptors (Lipinski definition) is 3. The molecule has 0 saturated carbocycles. The lowest BCUT2D eigenvalue weighted by Gasteiger charge is -2.05. The van der Waals surface area contributed by atoms with Crippen molar-refractivity contribution in [3.05, 3.63) is 17.2 Å². The van der Waals surface area contributed by atoms with Crippen LogP contribution in [-0.4, -0.2) is 16.2 Å². The molecule has 3 nitrogen and oxygen atoms in total. The summed E-state index contributed by atoms with van der Waals surface area (Å²) in [6.45, 7) is 10.2. The molecule has 0 N–H and O–H groups in total. The number of hydrogen-bond donors (Lipinski definition) is 0. The summed E-state index contributed by atoms with van der Waals surface area (Å²) in [5.41, 5.74) is 2.83. The van der Waals surface area contributed by atoms with Gasteiger partial charge in [-0.1, -0.05) is 13.8 Å². The van der Waals surface area contributed by atoms with Gasteiger partial charge in [-0.3, -0.25) is 4.99 Å². The fourth-order valence-corrected chi connectivity index (χ4v) is 1.37. The first kappa shape index (κ1) is 11.8. The van der Waals surface area contributed by atoms with E-state index in [-0.39, 0.29) is 0 Å². The van der Waals surface area contributed by atoms with E-state index in [9.17, 15) is 0 Å². The van der Waals surface area contributed by atoms with E-state index in [4.69, 9.17) is 0 Å². The van der Waals surface area contributed by atoms with E-state index >= 15 is 0 Å². The minimum atomic E-state index is 0.505. The third kappa shape index (κ3) is 3.11. The summed E-state index contributed by atoms with van der Waals surface area (Å²) in [7, 11) is 0. The van der Waals surface area contributed by atoms with Gasteiger partial charge in [0.2, 0.25) is 0 Å². The van der Waals surface area contributed by atoms with E-state index in [1.165, 1.54) is 0 Å². The molecule has 0 saturated heterocycles. The highest BCUT2D eigenvalue weighted by molar-refractivity contribution is 5.66. The lowest BCUT2D eigenvalue weighted by Crippen LogP contribution is -1.97. The van der Waals surface area contributed by atoms with E-state index in [2.05, 4.69) is 28.8 Å². The van der Waals surface area contributed by atoms with E-state index in [0.29, 0.717) is 5.92 Å². The maximum Gasteiger partial charge on any atom is 0.125 e. The Kier molecular flexibility index (Phi) is 3.95. The summed E-state index contributed by atoms with van der Waals surface area (Å²) in [4.78, 5) is 13.1. The van der Waals surface area contributed by atoms with Crippen molar-refractivity contribution in [3.8, 4) is 0 Å². The molecule has 0 aromatic carbocycles. The van der Waals surface area contributed by atoms with E-state index in [1.54, 1.807) is 0 Å². The summed E-state index contributed by atoms with van der Waals surface area (Å²) in [6.07, 6.45) is 3.09. The molecule has 0 aliphatic heterocycles. The summed E-state index contributed by atoms with van der Waals surface area (Å²) in [5.74, 6) is 1.32. The summed E-state index contributed by atoms with van der Waals surface area (Å²) in [6, 6.07) is 0. The second-order valence-electron chi connectivity index (χ2n) is 3.95. The van der Waals surface area contributed by atoms with Gasteiger partial charge in [0.1, 0.15) is 11.5 Å². The molecule has 3 heteroatoms. The van der Waals surface area contributed by atoms with Crippen LogP contribution in [0.4, 0.5) is 5.69 Å². The Labute approximate surface area is 91.7 Å². The molecule has 1 aromatic heterocycles. The van der Waals surface area contributed by atoms with Crippen molar-refractivity contribution in [2.75, 3.05) is 0 Å². The predicted octanol–water partition coefficient (Wildman–Crippen LogP) is 3.15. The molecule has 1 atom stereocenters. The van der Waals surface area contributed by atoms with E-state index < -0.39 is 0 Å². The molecule has 0 spiro atoms. The van der Waals surface area contributed by atoms with Crippen molar-refractivity contribution in [1.82, 2.24) is 9.97 Å². The van der Waals surface area contributed by atoms with Gasteiger partial charge in [-0.15, -0.1) is 0 Å². The molecule has 1 heterocycles. The number of aromatic nitrogens is 2. The molecule has 1 rings (SSSR count). The fourth-order valence-electron chi connectivity index (χ4n) is 1.37. The molecule has 0 fully saturated rings. The molecule has 0 radical (unpaired) electrons. The van der Waals surface area contributed by atoms with Crippen molar-refractivity contribution in [1.29, 1.82) is 0 Å². The number of aryl methyl sites for hydroxylation is 3. The first-order valence-corrected chi connectivity index (χ1v) is 5.40. The van der Waals surface area contributed by atoms with Crippen molar-refractivity contribution >= 4 is 11.9 Å². The van der Waals surface area contributed by atoms with Crippen molar-refractivity contribution in [2.24, 2.45) is 10.9 Å². The van der Waals surface area contributed by atoms with Crippen molar-refractivity contribution in [3.63, 3.8) is 0 Å². The molecular formula is C12H19N3. The molecule has 15 heavy (non-hydrogen) atoms. The van der Waals surface area contributed by atoms with Crippen LogP contribution in [0.2, 0.25) is 0 Å². The first-order valence-electron chi connectivity index (χ1n) is 5.40. The van der Waals surface area contributed by atoms with Crippen LogP contribution in [0.15, 0.2) is 4.99 Å². The zero-order valence-corrected chi connectivity index (χ0v) is 10.2. The highest BCUT2D eigenvalue weighted by Crippen LogP contribution is 2.20. The SMILES string of the molecule is CCC(C)C=Nc1c(C)nc(C)nc1C. The van der Waals surface area contributed by atoms with E-state index in [0.717, 1.165) is 29.3 Å². The Hall–Kier alpha value is -1.25. The minimum absolute atomic E-state index is 0.505. The van der Waals surface area contributed by atoms with Gasteiger partial charge >= 0.3 is 0 Å². The normalized spacial score (nSPS) is 13.4. The van der Waals surface area contributed by atoms with Crippen molar-refractivity contribution in [2.45, 2.75) is 41.0 Å². The van der Waals surface area contributed by atoms with Gasteiger partial charge in [-0.05, 0) is 33.1 Å². The van der Waals surface area contributed by atoms with Crippen LogP contribution in [0.1, 0.15) is 37.5 Å². The van der Waals surface area contributed by atoms with Crippen LogP contribution in [-0.2, 0) is 0 Å². The van der Waals surface area contributed by atoms with Gasteiger partial charge in [0.25, 0.3) is 0 Å². The zero-order chi connectivity index (χ0) is 11.4. The topological polar surface area (TPSA) is 38.1 Å². The van der Waals surface area contributed by atoms with Crippen LogP contribution >= 0.6 is 0 Å². The van der Waals surface area contributed by atoms with Gasteiger partial charge in [0, 0.05) is 6.21 Å². The lowest BCUT2D eigenvalue weighted by molar-refractivity contribution is 0.754. The smallest absolute Gasteiger partial charge is 0.125 e. The predicted molar refractivity (Wildman–Crippen MR) is 63.9 cm³/mol. The van der Waals surface area contributed by atoms with Gasteiger partial charge < -0.3 is 0 Å². The van der Waals surface area contributed by atoms with Crippen LogP contribution < -0.4 is 0 Å².